The van der Waals surface area contributed by atoms with Crippen LogP contribution in [0.4, 0.5) is 0 Å². The first-order chi connectivity index (χ1) is 10.8. The molecule has 3 rings (SSSR count). The fourth-order valence-corrected chi connectivity index (χ4v) is 2.91. The number of nitrogens with one attached hydrogen (secondary N) is 1. The van der Waals surface area contributed by atoms with Crippen LogP contribution in [-0.2, 0) is 16.0 Å². The molecule has 2 aliphatic rings. The predicted octanol–water partition coefficient (Wildman–Crippen LogP) is 1.29. The van der Waals surface area contributed by atoms with Crippen molar-refractivity contribution >= 4 is 5.91 Å². The molecule has 5 nitrogen and oxygen atoms in total. The van der Waals surface area contributed by atoms with Crippen molar-refractivity contribution in [3.8, 4) is 0 Å². The van der Waals surface area contributed by atoms with Crippen molar-refractivity contribution in [2.24, 2.45) is 5.92 Å². The number of amides is 1. The molecule has 1 aromatic rings. The second-order valence-corrected chi connectivity index (χ2v) is 6.03. The van der Waals surface area contributed by atoms with Gasteiger partial charge in [-0.05, 0) is 24.1 Å². The molecule has 0 bridgehead atoms. The molecule has 0 aromatic heterocycles. The molecule has 1 atom stereocenters. The van der Waals surface area contributed by atoms with Gasteiger partial charge < -0.3 is 14.8 Å². The fourth-order valence-electron chi connectivity index (χ4n) is 2.91. The maximum atomic E-state index is 12.3. The molecular weight excluding hydrogens is 280 g/mol. The van der Waals surface area contributed by atoms with Crippen molar-refractivity contribution in [3.05, 3.63) is 35.4 Å². The highest BCUT2D eigenvalue weighted by Gasteiger charge is 2.17. The lowest BCUT2D eigenvalue weighted by atomic mass is 10.1. The Kier molecular flexibility index (Phi) is 5.43. The van der Waals surface area contributed by atoms with Gasteiger partial charge >= 0.3 is 0 Å². The smallest absolute Gasteiger partial charge is 0.251 e. The van der Waals surface area contributed by atoms with Crippen molar-refractivity contribution in [3.63, 3.8) is 0 Å². The Morgan fingerprint density at radius 2 is 2.09 bits per heavy atom. The van der Waals surface area contributed by atoms with E-state index in [-0.39, 0.29) is 5.91 Å². The molecule has 22 heavy (non-hydrogen) atoms. The van der Waals surface area contributed by atoms with Crippen LogP contribution in [0.3, 0.4) is 0 Å². The highest BCUT2D eigenvalue weighted by molar-refractivity contribution is 5.94. The number of carbonyl (C=O) groups excluding carboxylic acids is 1. The molecule has 2 heterocycles. The van der Waals surface area contributed by atoms with Crippen LogP contribution in [0.5, 0.6) is 0 Å². The van der Waals surface area contributed by atoms with Crippen LogP contribution in [0.2, 0.25) is 0 Å². The molecule has 120 valence electrons. The first kappa shape index (κ1) is 15.5. The van der Waals surface area contributed by atoms with Crippen LogP contribution in [-0.4, -0.2) is 56.9 Å². The van der Waals surface area contributed by atoms with E-state index in [1.165, 1.54) is 5.56 Å². The Balaban J connectivity index is 1.53. The molecule has 1 aromatic carbocycles. The number of nitrogens with zero attached hydrogens (tertiary/aromatic N) is 1. The highest BCUT2D eigenvalue weighted by atomic mass is 16.5. The number of benzene rings is 1. The molecule has 2 fully saturated rings. The van der Waals surface area contributed by atoms with Gasteiger partial charge in [0.2, 0.25) is 0 Å². The lowest BCUT2D eigenvalue weighted by Gasteiger charge is -2.26. The van der Waals surface area contributed by atoms with E-state index < -0.39 is 0 Å². The Labute approximate surface area is 131 Å². The van der Waals surface area contributed by atoms with Crippen molar-refractivity contribution in [1.29, 1.82) is 0 Å². The Hall–Kier alpha value is -1.43. The summed E-state index contributed by atoms with van der Waals surface area (Å²) in [6.45, 7) is 6.66. The summed E-state index contributed by atoms with van der Waals surface area (Å²) in [5.74, 6) is 0.469. The summed E-state index contributed by atoms with van der Waals surface area (Å²) in [5, 5.41) is 3.02. The van der Waals surface area contributed by atoms with Gasteiger partial charge in [0, 0.05) is 44.3 Å². The van der Waals surface area contributed by atoms with E-state index in [1.54, 1.807) is 0 Å². The van der Waals surface area contributed by atoms with E-state index in [9.17, 15) is 4.79 Å². The summed E-state index contributed by atoms with van der Waals surface area (Å²) in [6, 6.07) is 7.92. The average Bonchev–Trinajstić information content (AvgIpc) is 3.07. The molecule has 0 spiro atoms. The van der Waals surface area contributed by atoms with Gasteiger partial charge in [0.15, 0.2) is 0 Å². The van der Waals surface area contributed by atoms with Gasteiger partial charge in [-0.2, -0.15) is 0 Å². The molecule has 1 unspecified atom stereocenters. The molecule has 0 saturated carbocycles. The summed E-state index contributed by atoms with van der Waals surface area (Å²) in [6.07, 6.45) is 1.04. The van der Waals surface area contributed by atoms with Crippen molar-refractivity contribution in [2.45, 2.75) is 13.0 Å². The van der Waals surface area contributed by atoms with Gasteiger partial charge in [-0.1, -0.05) is 12.1 Å². The monoisotopic (exact) mass is 304 g/mol. The second kappa shape index (κ2) is 7.72. The number of hydrogen-bond donors (Lipinski definition) is 1. The topological polar surface area (TPSA) is 50.8 Å². The summed E-state index contributed by atoms with van der Waals surface area (Å²) >= 11 is 0. The van der Waals surface area contributed by atoms with Crippen LogP contribution in [0.15, 0.2) is 24.3 Å². The number of morpholine rings is 1. The third kappa shape index (κ3) is 4.29. The van der Waals surface area contributed by atoms with Crippen molar-refractivity contribution in [1.82, 2.24) is 10.2 Å². The minimum Gasteiger partial charge on any atom is -0.381 e. The molecule has 1 amide bonds. The maximum Gasteiger partial charge on any atom is 0.251 e. The standard InChI is InChI=1S/C17H24N2O3/c20-17(18-11-15-4-7-22-13-15)16-3-1-2-14(10-16)12-19-5-8-21-9-6-19/h1-3,10,15H,4-9,11-13H2,(H,18,20). The summed E-state index contributed by atoms with van der Waals surface area (Å²) in [5.41, 5.74) is 1.92. The van der Waals surface area contributed by atoms with Crippen molar-refractivity contribution in [2.75, 3.05) is 46.1 Å². The quantitative estimate of drug-likeness (QED) is 0.890. The molecule has 1 N–H and O–H groups in total. The fraction of sp³-hybridized carbons (Fsp3) is 0.588. The lowest BCUT2D eigenvalue weighted by Crippen LogP contribution is -2.35. The first-order valence-electron chi connectivity index (χ1n) is 8.06. The van der Waals surface area contributed by atoms with Gasteiger partial charge in [-0.25, -0.2) is 0 Å². The lowest BCUT2D eigenvalue weighted by molar-refractivity contribution is 0.0342. The zero-order chi connectivity index (χ0) is 15.2. The minimum atomic E-state index is 0.00993. The van der Waals surface area contributed by atoms with Crippen LogP contribution in [0.1, 0.15) is 22.3 Å². The Morgan fingerprint density at radius 3 is 2.86 bits per heavy atom. The van der Waals surface area contributed by atoms with Crippen LogP contribution >= 0.6 is 0 Å². The zero-order valence-electron chi connectivity index (χ0n) is 12.9. The number of hydrogen-bond acceptors (Lipinski definition) is 4. The van der Waals surface area contributed by atoms with Crippen LogP contribution in [0.25, 0.3) is 0 Å². The largest absolute Gasteiger partial charge is 0.381 e. The third-order valence-electron chi connectivity index (χ3n) is 4.27. The molecule has 5 heteroatoms. The van der Waals surface area contributed by atoms with E-state index >= 15 is 0 Å². The summed E-state index contributed by atoms with van der Waals surface area (Å²) in [4.78, 5) is 14.6. The Morgan fingerprint density at radius 1 is 1.23 bits per heavy atom. The van der Waals surface area contributed by atoms with Gasteiger partial charge in [-0.15, -0.1) is 0 Å². The molecule has 0 aliphatic carbocycles. The van der Waals surface area contributed by atoms with E-state index in [4.69, 9.17) is 9.47 Å². The van der Waals surface area contributed by atoms with Gasteiger partial charge in [0.05, 0.1) is 19.8 Å². The second-order valence-electron chi connectivity index (χ2n) is 6.03. The maximum absolute atomic E-state index is 12.3. The molecule has 2 aliphatic heterocycles. The van der Waals surface area contributed by atoms with Crippen LogP contribution in [0, 0.1) is 5.92 Å². The van der Waals surface area contributed by atoms with Gasteiger partial charge in [0.25, 0.3) is 5.91 Å². The van der Waals surface area contributed by atoms with Gasteiger partial charge in [0.1, 0.15) is 0 Å². The van der Waals surface area contributed by atoms with E-state index in [0.717, 1.165) is 58.0 Å². The number of carbonyl (C=O) groups is 1. The predicted molar refractivity (Wildman–Crippen MR) is 83.8 cm³/mol. The summed E-state index contributed by atoms with van der Waals surface area (Å²) < 4.78 is 10.7. The van der Waals surface area contributed by atoms with E-state index in [0.29, 0.717) is 12.5 Å². The van der Waals surface area contributed by atoms with Gasteiger partial charge in [-0.3, -0.25) is 9.69 Å². The summed E-state index contributed by atoms with van der Waals surface area (Å²) in [7, 11) is 0. The number of rotatable bonds is 5. The minimum absolute atomic E-state index is 0.00993. The highest BCUT2D eigenvalue weighted by Crippen LogP contribution is 2.12. The van der Waals surface area contributed by atoms with E-state index in [1.807, 2.05) is 18.2 Å². The Bertz CT molecular complexity index is 494. The van der Waals surface area contributed by atoms with Crippen molar-refractivity contribution < 1.29 is 14.3 Å². The van der Waals surface area contributed by atoms with E-state index in [2.05, 4.69) is 16.3 Å². The third-order valence-corrected chi connectivity index (χ3v) is 4.27. The molecule has 2 saturated heterocycles. The first-order valence-corrected chi connectivity index (χ1v) is 8.06. The number of ether oxygens (including phenoxy) is 2. The molecular formula is C17H24N2O3. The van der Waals surface area contributed by atoms with Crippen LogP contribution < -0.4 is 5.32 Å². The molecule has 0 radical (unpaired) electrons. The SMILES string of the molecule is O=C(NCC1CCOC1)c1cccc(CN2CCOCC2)c1. The zero-order valence-corrected chi connectivity index (χ0v) is 12.9. The normalized spacial score (nSPS) is 22.6. The average molecular weight is 304 g/mol.